The van der Waals surface area contributed by atoms with E-state index in [1.807, 2.05) is 0 Å². The summed E-state index contributed by atoms with van der Waals surface area (Å²) in [5.41, 5.74) is 0. The van der Waals surface area contributed by atoms with E-state index < -0.39 is 17.5 Å². The van der Waals surface area contributed by atoms with Gasteiger partial charge in [0.15, 0.2) is 17.5 Å². The van der Waals surface area contributed by atoms with Crippen molar-refractivity contribution in [3.63, 3.8) is 0 Å². The second-order valence-electron chi connectivity index (χ2n) is 1.68. The molecule has 5 heteroatoms. The van der Waals surface area contributed by atoms with Crippen molar-refractivity contribution in [3.8, 4) is 0 Å². The molecular formula is C6H5ClF3P. The molecule has 0 aromatic heterocycles. The highest BCUT2D eigenvalue weighted by molar-refractivity contribution is 6.92. The maximum atomic E-state index is 12.1. The summed E-state index contributed by atoms with van der Waals surface area (Å²) >= 11 is 5.18. The van der Waals surface area contributed by atoms with Gasteiger partial charge >= 0.3 is 0 Å². The van der Waals surface area contributed by atoms with Crippen LogP contribution in [0.4, 0.5) is 13.2 Å². The lowest BCUT2D eigenvalue weighted by molar-refractivity contribution is 0.447. The summed E-state index contributed by atoms with van der Waals surface area (Å²) in [6.07, 6.45) is 0. The molecule has 1 aromatic carbocycles. The highest BCUT2D eigenvalue weighted by Crippen LogP contribution is 2.16. The molecule has 0 aliphatic heterocycles. The third kappa shape index (κ3) is 2.35. The van der Waals surface area contributed by atoms with Crippen molar-refractivity contribution in [2.24, 2.45) is 0 Å². The average Bonchev–Trinajstić information content (AvgIpc) is 1.82. The highest BCUT2D eigenvalue weighted by atomic mass is 35.5. The van der Waals surface area contributed by atoms with E-state index in [2.05, 4.69) is 0 Å². The van der Waals surface area contributed by atoms with Crippen LogP contribution in [0.25, 0.3) is 0 Å². The first kappa shape index (κ1) is 10.7. The zero-order chi connectivity index (χ0) is 7.72. The Morgan fingerprint density at radius 2 is 1.36 bits per heavy atom. The third-order valence-electron chi connectivity index (χ3n) is 0.949. The van der Waals surface area contributed by atoms with Crippen molar-refractivity contribution in [2.45, 2.75) is 0 Å². The van der Waals surface area contributed by atoms with Crippen molar-refractivity contribution in [3.05, 3.63) is 34.6 Å². The molecule has 0 radical (unpaired) electrons. The van der Waals surface area contributed by atoms with Crippen LogP contribution in [-0.4, -0.2) is 0 Å². The van der Waals surface area contributed by atoms with E-state index in [4.69, 9.17) is 11.6 Å². The van der Waals surface area contributed by atoms with Gasteiger partial charge in [-0.2, -0.15) is 9.90 Å². The number of hydrogen-bond donors (Lipinski definition) is 0. The predicted octanol–water partition coefficient (Wildman–Crippen LogP) is 2.82. The fraction of sp³-hybridized carbons (Fsp3) is 0. The molecule has 0 fully saturated rings. The summed E-state index contributed by atoms with van der Waals surface area (Å²) in [7, 11) is 0. The molecule has 11 heavy (non-hydrogen) atoms. The maximum absolute atomic E-state index is 12.1. The fourth-order valence-corrected chi connectivity index (χ4v) is 0.716. The smallest absolute Gasteiger partial charge is 0.194 e. The zero-order valence-electron chi connectivity index (χ0n) is 5.37. The lowest BCUT2D eigenvalue weighted by Gasteiger charge is -1.93. The molecule has 0 saturated heterocycles. The molecule has 0 spiro atoms. The molecule has 0 heterocycles. The Balaban J connectivity index is 0.000001000. The van der Waals surface area contributed by atoms with E-state index >= 15 is 0 Å². The minimum Gasteiger partial charge on any atom is -0.204 e. The van der Waals surface area contributed by atoms with Crippen molar-refractivity contribution in [1.82, 2.24) is 0 Å². The Morgan fingerprint density at radius 3 is 1.73 bits per heavy atom. The summed E-state index contributed by atoms with van der Waals surface area (Å²) in [6.45, 7) is 0. The van der Waals surface area contributed by atoms with Gasteiger partial charge in [-0.15, -0.1) is 0 Å². The molecule has 0 aliphatic carbocycles. The normalized spacial score (nSPS) is 9.09. The highest BCUT2D eigenvalue weighted by Gasteiger charge is 2.08. The minimum atomic E-state index is -1.50. The molecule has 0 bridgehead atoms. The predicted molar refractivity (Wildman–Crippen MR) is 42.4 cm³/mol. The van der Waals surface area contributed by atoms with Crippen molar-refractivity contribution in [1.29, 1.82) is 0 Å². The molecule has 1 atom stereocenters. The molecule has 0 saturated carbocycles. The molecule has 1 aromatic rings. The van der Waals surface area contributed by atoms with E-state index in [1.54, 1.807) is 0 Å². The second kappa shape index (κ2) is 3.93. The van der Waals surface area contributed by atoms with Crippen LogP contribution in [0, 0.1) is 17.5 Å². The summed E-state index contributed by atoms with van der Waals surface area (Å²) < 4.78 is 36.4. The van der Waals surface area contributed by atoms with Gasteiger partial charge in [0.25, 0.3) is 0 Å². The van der Waals surface area contributed by atoms with Crippen molar-refractivity contribution < 1.29 is 13.2 Å². The topological polar surface area (TPSA) is 0 Å². The van der Waals surface area contributed by atoms with E-state index in [0.29, 0.717) is 12.1 Å². The quantitative estimate of drug-likeness (QED) is 0.343. The Morgan fingerprint density at radius 1 is 1.00 bits per heavy atom. The van der Waals surface area contributed by atoms with E-state index in [0.717, 1.165) is 0 Å². The Bertz CT molecular complexity index is 241. The lowest BCUT2D eigenvalue weighted by Crippen LogP contribution is -1.88. The van der Waals surface area contributed by atoms with Crippen LogP contribution in [0.1, 0.15) is 0 Å². The van der Waals surface area contributed by atoms with Gasteiger partial charge in [0.05, 0.1) is 0 Å². The van der Waals surface area contributed by atoms with Gasteiger partial charge in [0.1, 0.15) is 0 Å². The van der Waals surface area contributed by atoms with Crippen molar-refractivity contribution in [2.75, 3.05) is 0 Å². The van der Waals surface area contributed by atoms with Gasteiger partial charge in [-0.1, -0.05) is 11.6 Å². The van der Waals surface area contributed by atoms with E-state index in [9.17, 15) is 13.2 Å². The first-order valence-corrected chi connectivity index (χ1v) is 2.79. The summed E-state index contributed by atoms with van der Waals surface area (Å²) in [6, 6.07) is 1.42. The summed E-state index contributed by atoms with van der Waals surface area (Å²) in [5, 5.41) is -0.156. The third-order valence-corrected chi connectivity index (χ3v) is 1.17. The van der Waals surface area contributed by atoms with Crippen LogP contribution in [0.3, 0.4) is 0 Å². The van der Waals surface area contributed by atoms with Crippen molar-refractivity contribution >= 4 is 21.5 Å². The monoisotopic (exact) mass is 200 g/mol. The SMILES string of the molecule is Fc1cc(Cl)cc(F)c1F.P. The maximum Gasteiger partial charge on any atom is 0.194 e. The second-order valence-corrected chi connectivity index (χ2v) is 2.12. The van der Waals surface area contributed by atoms with Gasteiger partial charge in [0.2, 0.25) is 0 Å². The molecule has 0 amide bonds. The van der Waals surface area contributed by atoms with Crippen LogP contribution < -0.4 is 0 Å². The van der Waals surface area contributed by atoms with Crippen LogP contribution in [0.5, 0.6) is 0 Å². The minimum absolute atomic E-state index is 0. The van der Waals surface area contributed by atoms with Gasteiger partial charge < -0.3 is 0 Å². The number of hydrogen-bond acceptors (Lipinski definition) is 0. The van der Waals surface area contributed by atoms with Crippen LogP contribution in [-0.2, 0) is 0 Å². The summed E-state index contributed by atoms with van der Waals surface area (Å²) in [4.78, 5) is 0. The Hall–Kier alpha value is -0.270. The molecule has 0 aliphatic rings. The molecule has 62 valence electrons. The van der Waals surface area contributed by atoms with Gasteiger partial charge in [-0.05, 0) is 12.1 Å². The first-order chi connectivity index (χ1) is 4.61. The average molecular weight is 201 g/mol. The largest absolute Gasteiger partial charge is 0.204 e. The Kier molecular flexibility index (Phi) is 3.84. The fourth-order valence-electron chi connectivity index (χ4n) is 0.525. The van der Waals surface area contributed by atoms with Crippen LogP contribution in [0.2, 0.25) is 5.02 Å². The lowest BCUT2D eigenvalue weighted by atomic mass is 10.3. The number of rotatable bonds is 0. The molecule has 1 unspecified atom stereocenters. The van der Waals surface area contributed by atoms with Crippen LogP contribution in [0.15, 0.2) is 12.1 Å². The number of halogens is 4. The first-order valence-electron chi connectivity index (χ1n) is 2.41. The standard InChI is InChI=1S/C6H2ClF3.H3P/c7-3-1-4(8)6(10)5(9)2-3;/h1-2H;1H3. The molecule has 0 N–H and O–H groups in total. The van der Waals surface area contributed by atoms with E-state index in [-0.39, 0.29) is 14.9 Å². The number of benzene rings is 1. The van der Waals surface area contributed by atoms with E-state index in [1.165, 1.54) is 0 Å². The van der Waals surface area contributed by atoms with Gasteiger partial charge in [0, 0.05) is 5.02 Å². The molecule has 0 nitrogen and oxygen atoms in total. The molecule has 1 rings (SSSR count). The molecular weight excluding hydrogens is 195 g/mol. The Labute approximate surface area is 70.0 Å². The van der Waals surface area contributed by atoms with Crippen LogP contribution >= 0.6 is 21.5 Å². The zero-order valence-corrected chi connectivity index (χ0v) is 7.54. The van der Waals surface area contributed by atoms with Gasteiger partial charge in [-0.25, -0.2) is 13.2 Å². The van der Waals surface area contributed by atoms with Gasteiger partial charge in [-0.3, -0.25) is 0 Å². The summed E-state index contributed by atoms with van der Waals surface area (Å²) in [5.74, 6) is -4.04.